The molecule has 1 aliphatic rings. The van der Waals surface area contributed by atoms with E-state index in [0.717, 1.165) is 31.0 Å². The van der Waals surface area contributed by atoms with Gasteiger partial charge in [0, 0.05) is 44.7 Å². The fourth-order valence-corrected chi connectivity index (χ4v) is 2.81. The lowest BCUT2D eigenvalue weighted by Crippen LogP contribution is -2.36. The van der Waals surface area contributed by atoms with E-state index in [1.54, 1.807) is 12.4 Å². The van der Waals surface area contributed by atoms with Gasteiger partial charge >= 0.3 is 0 Å². The molecule has 2 aromatic heterocycles. The number of carbonyl (C=O) groups is 1. The molecule has 7 heteroatoms. The van der Waals surface area contributed by atoms with Crippen LogP contribution in [-0.2, 0) is 11.8 Å². The molecule has 3 heterocycles. The van der Waals surface area contributed by atoms with Gasteiger partial charge in [-0.1, -0.05) is 0 Å². The molecule has 7 nitrogen and oxygen atoms in total. The monoisotopic (exact) mass is 315 g/mol. The molecule has 0 aromatic carbocycles. The van der Waals surface area contributed by atoms with Crippen LogP contribution >= 0.6 is 0 Å². The number of aryl methyl sites for hydroxylation is 2. The first-order valence-corrected chi connectivity index (χ1v) is 7.81. The molecule has 1 amide bonds. The minimum Gasteiger partial charge on any atom is -0.370 e. The smallest absolute Gasteiger partial charge is 0.271 e. The maximum atomic E-state index is 12.2. The molecule has 2 atom stereocenters. The average Bonchev–Trinajstić information content (AvgIpc) is 2.99. The Kier molecular flexibility index (Phi) is 4.66. The Balaban J connectivity index is 1.64. The second-order valence-electron chi connectivity index (χ2n) is 5.84. The van der Waals surface area contributed by atoms with E-state index >= 15 is 0 Å². The van der Waals surface area contributed by atoms with E-state index in [2.05, 4.69) is 20.3 Å². The molecule has 1 fully saturated rings. The lowest BCUT2D eigenvalue weighted by molar-refractivity contribution is -0.0337. The van der Waals surface area contributed by atoms with Gasteiger partial charge in [-0.25, -0.2) is 9.97 Å². The third kappa shape index (κ3) is 3.56. The van der Waals surface area contributed by atoms with Crippen LogP contribution in [0.2, 0.25) is 0 Å². The van der Waals surface area contributed by atoms with Gasteiger partial charge in [-0.2, -0.15) is 0 Å². The summed E-state index contributed by atoms with van der Waals surface area (Å²) in [7, 11) is 1.96. The number of nitrogens with one attached hydrogen (secondary N) is 1. The van der Waals surface area contributed by atoms with Gasteiger partial charge in [0.1, 0.15) is 17.6 Å². The summed E-state index contributed by atoms with van der Waals surface area (Å²) < 4.78 is 7.88. The van der Waals surface area contributed by atoms with Crippen molar-refractivity contribution in [2.24, 2.45) is 13.0 Å². The first-order valence-electron chi connectivity index (χ1n) is 7.81. The Morgan fingerprint density at radius 3 is 2.96 bits per heavy atom. The third-order valence-electron chi connectivity index (χ3n) is 4.10. The third-order valence-corrected chi connectivity index (χ3v) is 4.10. The van der Waals surface area contributed by atoms with Gasteiger partial charge in [-0.15, -0.1) is 0 Å². The number of hydrogen-bond donors (Lipinski definition) is 1. The van der Waals surface area contributed by atoms with E-state index in [9.17, 15) is 4.79 Å². The van der Waals surface area contributed by atoms with Crippen LogP contribution in [0.5, 0.6) is 0 Å². The Bertz CT molecular complexity index is 667. The predicted octanol–water partition coefficient (Wildman–Crippen LogP) is 1.42. The summed E-state index contributed by atoms with van der Waals surface area (Å²) in [5.74, 6) is 0.896. The SMILES string of the molecule is Cc1cnc(C(=O)NC[C@@H]2CCCO[C@H]2c2nccn2C)cn1. The number of imidazole rings is 1. The molecule has 0 aliphatic carbocycles. The molecule has 0 bridgehead atoms. The zero-order valence-electron chi connectivity index (χ0n) is 13.4. The fraction of sp³-hybridized carbons (Fsp3) is 0.500. The number of amides is 1. The van der Waals surface area contributed by atoms with Gasteiger partial charge in [0.15, 0.2) is 0 Å². The first-order chi connectivity index (χ1) is 11.1. The Morgan fingerprint density at radius 2 is 2.26 bits per heavy atom. The van der Waals surface area contributed by atoms with Gasteiger partial charge in [0.25, 0.3) is 5.91 Å². The quantitative estimate of drug-likeness (QED) is 0.922. The summed E-state index contributed by atoms with van der Waals surface area (Å²) in [6.45, 7) is 3.10. The van der Waals surface area contributed by atoms with E-state index in [-0.39, 0.29) is 17.9 Å². The lowest BCUT2D eigenvalue weighted by Gasteiger charge is -2.31. The first kappa shape index (κ1) is 15.6. The highest BCUT2D eigenvalue weighted by Gasteiger charge is 2.30. The standard InChI is InChI=1S/C16H21N5O2/c1-11-8-19-13(10-18-11)16(22)20-9-12-4-3-7-23-14(12)15-17-5-6-21(15)2/h5-6,8,10,12,14H,3-4,7,9H2,1-2H3,(H,20,22)/t12-,14+/m0/s1. The van der Waals surface area contributed by atoms with E-state index < -0.39 is 0 Å². The van der Waals surface area contributed by atoms with Crippen molar-refractivity contribution in [2.45, 2.75) is 25.9 Å². The highest BCUT2D eigenvalue weighted by molar-refractivity contribution is 5.91. The zero-order valence-corrected chi connectivity index (χ0v) is 13.4. The van der Waals surface area contributed by atoms with Crippen LogP contribution in [0, 0.1) is 12.8 Å². The zero-order chi connectivity index (χ0) is 16.2. The van der Waals surface area contributed by atoms with Gasteiger partial charge in [-0.3, -0.25) is 9.78 Å². The van der Waals surface area contributed by atoms with Crippen molar-refractivity contribution in [3.63, 3.8) is 0 Å². The molecular weight excluding hydrogens is 294 g/mol. The molecule has 0 saturated carbocycles. The maximum Gasteiger partial charge on any atom is 0.271 e. The van der Waals surface area contributed by atoms with E-state index in [1.807, 2.05) is 24.7 Å². The number of nitrogens with zero attached hydrogens (tertiary/aromatic N) is 4. The molecular formula is C16H21N5O2. The Morgan fingerprint density at radius 1 is 1.39 bits per heavy atom. The molecule has 0 unspecified atom stereocenters. The van der Waals surface area contributed by atoms with Crippen LogP contribution in [0.1, 0.15) is 41.0 Å². The maximum absolute atomic E-state index is 12.2. The van der Waals surface area contributed by atoms with Crippen molar-refractivity contribution >= 4 is 5.91 Å². The topological polar surface area (TPSA) is 81.9 Å². The van der Waals surface area contributed by atoms with Crippen molar-refractivity contribution in [1.29, 1.82) is 0 Å². The van der Waals surface area contributed by atoms with Crippen molar-refractivity contribution in [3.05, 3.63) is 42.0 Å². The van der Waals surface area contributed by atoms with Gasteiger partial charge < -0.3 is 14.6 Å². The molecule has 3 rings (SSSR count). The lowest BCUT2D eigenvalue weighted by atomic mass is 9.93. The van der Waals surface area contributed by atoms with E-state index in [0.29, 0.717) is 12.2 Å². The fourth-order valence-electron chi connectivity index (χ4n) is 2.81. The summed E-state index contributed by atoms with van der Waals surface area (Å²) in [5, 5.41) is 2.94. The average molecular weight is 315 g/mol. The summed E-state index contributed by atoms with van der Waals surface area (Å²) in [6.07, 6.45) is 8.67. The summed E-state index contributed by atoms with van der Waals surface area (Å²) in [6, 6.07) is 0. The molecule has 1 saturated heterocycles. The van der Waals surface area contributed by atoms with Crippen LogP contribution in [-0.4, -0.2) is 38.6 Å². The Hall–Kier alpha value is -2.28. The van der Waals surface area contributed by atoms with Crippen molar-refractivity contribution in [3.8, 4) is 0 Å². The number of hydrogen-bond acceptors (Lipinski definition) is 5. The molecule has 0 radical (unpaired) electrons. The van der Waals surface area contributed by atoms with Gasteiger partial charge in [0.05, 0.1) is 11.9 Å². The minimum absolute atomic E-state index is 0.0897. The molecule has 0 spiro atoms. The summed E-state index contributed by atoms with van der Waals surface area (Å²) in [5.41, 5.74) is 1.12. The van der Waals surface area contributed by atoms with Crippen LogP contribution < -0.4 is 5.32 Å². The van der Waals surface area contributed by atoms with E-state index in [1.165, 1.54) is 6.20 Å². The second-order valence-corrected chi connectivity index (χ2v) is 5.84. The highest BCUT2D eigenvalue weighted by Crippen LogP contribution is 2.32. The largest absolute Gasteiger partial charge is 0.370 e. The van der Waals surface area contributed by atoms with Crippen molar-refractivity contribution < 1.29 is 9.53 Å². The molecule has 23 heavy (non-hydrogen) atoms. The summed E-state index contributed by atoms with van der Waals surface area (Å²) >= 11 is 0. The molecule has 2 aromatic rings. The normalized spacial score (nSPS) is 21.1. The minimum atomic E-state index is -0.207. The summed E-state index contributed by atoms with van der Waals surface area (Å²) in [4.78, 5) is 24.8. The van der Waals surface area contributed by atoms with Crippen LogP contribution in [0.3, 0.4) is 0 Å². The van der Waals surface area contributed by atoms with Crippen LogP contribution in [0.15, 0.2) is 24.8 Å². The number of ether oxygens (including phenoxy) is 1. The second kappa shape index (κ2) is 6.87. The van der Waals surface area contributed by atoms with E-state index in [4.69, 9.17) is 4.74 Å². The molecule has 1 N–H and O–H groups in total. The van der Waals surface area contributed by atoms with Gasteiger partial charge in [-0.05, 0) is 19.8 Å². The number of aromatic nitrogens is 4. The Labute approximate surface area is 135 Å². The number of rotatable bonds is 4. The van der Waals surface area contributed by atoms with Crippen LogP contribution in [0.25, 0.3) is 0 Å². The van der Waals surface area contributed by atoms with Crippen molar-refractivity contribution in [2.75, 3.05) is 13.2 Å². The predicted molar refractivity (Wildman–Crippen MR) is 83.7 cm³/mol. The molecule has 1 aliphatic heterocycles. The van der Waals surface area contributed by atoms with Crippen LogP contribution in [0.4, 0.5) is 0 Å². The number of carbonyl (C=O) groups excluding carboxylic acids is 1. The van der Waals surface area contributed by atoms with Gasteiger partial charge in [0.2, 0.25) is 0 Å². The highest BCUT2D eigenvalue weighted by atomic mass is 16.5. The van der Waals surface area contributed by atoms with Crippen molar-refractivity contribution in [1.82, 2.24) is 24.8 Å². The molecule has 122 valence electrons.